The van der Waals surface area contributed by atoms with Gasteiger partial charge in [0.2, 0.25) is 5.95 Å². The second kappa shape index (κ2) is 14.7. The van der Waals surface area contributed by atoms with Crippen LogP contribution in [0.5, 0.6) is 0 Å². The Morgan fingerprint density at radius 1 is 0.258 bits per heavy atom. The number of pyridine rings is 1. The number of rotatable bonds is 7. The first-order chi connectivity index (χ1) is 30.7. The van der Waals surface area contributed by atoms with Crippen molar-refractivity contribution in [1.29, 1.82) is 0 Å². The Labute approximate surface area is 357 Å². The van der Waals surface area contributed by atoms with Gasteiger partial charge in [-0.2, -0.15) is 9.97 Å². The van der Waals surface area contributed by atoms with Crippen LogP contribution in [-0.4, -0.2) is 29.1 Å². The Morgan fingerprint density at radius 2 is 0.677 bits per heavy atom. The molecule has 4 aromatic heterocycles. The minimum Gasteiger partial charge on any atom is -0.307 e. The molecule has 0 saturated carbocycles. The van der Waals surface area contributed by atoms with E-state index in [1.165, 1.54) is 16.5 Å². The third kappa shape index (κ3) is 5.96. The molecular weight excluding hydrogens is 757 g/mol. The lowest BCUT2D eigenvalue weighted by Gasteiger charge is -2.13. The van der Waals surface area contributed by atoms with E-state index in [0.717, 1.165) is 77.6 Å². The van der Waals surface area contributed by atoms with Crippen molar-refractivity contribution in [2.45, 2.75) is 0 Å². The fraction of sp³-hybridized carbons (Fsp3) is 0. The molecular formula is C56H36N6. The molecule has 4 heterocycles. The SMILES string of the molecule is c1ccc(-c2ccc(-c3cccc(-c4ccc(-n5c6ccccc6c6ccc7c8ccccc8n(-c8nc(-c9ccccc9)nc(-c9ccccc9)n8)c7c65)cc4)n3)cc2)cc1. The lowest BCUT2D eigenvalue weighted by atomic mass is 10.0. The minimum atomic E-state index is 0.559. The van der Waals surface area contributed by atoms with Gasteiger partial charge in [-0.3, -0.25) is 4.57 Å². The molecule has 0 aliphatic heterocycles. The van der Waals surface area contributed by atoms with Crippen LogP contribution in [0.4, 0.5) is 0 Å². The van der Waals surface area contributed by atoms with Crippen molar-refractivity contribution in [1.82, 2.24) is 29.1 Å². The Morgan fingerprint density at radius 3 is 1.23 bits per heavy atom. The smallest absolute Gasteiger partial charge is 0.238 e. The molecule has 0 saturated heterocycles. The Hall–Kier alpha value is -8.48. The summed E-state index contributed by atoms with van der Waals surface area (Å²) in [6, 6.07) is 76.2. The summed E-state index contributed by atoms with van der Waals surface area (Å²) in [6.07, 6.45) is 0. The molecule has 0 unspecified atom stereocenters. The molecule has 12 aromatic rings. The fourth-order valence-corrected chi connectivity index (χ4v) is 8.88. The van der Waals surface area contributed by atoms with E-state index >= 15 is 0 Å². The van der Waals surface area contributed by atoms with E-state index in [2.05, 4.69) is 185 Å². The summed E-state index contributed by atoms with van der Waals surface area (Å²) in [5.41, 5.74) is 13.5. The molecule has 6 heteroatoms. The van der Waals surface area contributed by atoms with Crippen LogP contribution in [0.3, 0.4) is 0 Å². The zero-order valence-electron chi connectivity index (χ0n) is 33.5. The van der Waals surface area contributed by atoms with Crippen LogP contribution in [0.25, 0.3) is 112 Å². The summed E-state index contributed by atoms with van der Waals surface area (Å²) in [4.78, 5) is 20.7. The van der Waals surface area contributed by atoms with Gasteiger partial charge in [0, 0.05) is 49.5 Å². The molecule has 0 amide bonds. The zero-order chi connectivity index (χ0) is 41.0. The molecule has 12 rings (SSSR count). The molecule has 0 bridgehead atoms. The highest BCUT2D eigenvalue weighted by atomic mass is 15.2. The van der Waals surface area contributed by atoms with Crippen molar-refractivity contribution < 1.29 is 0 Å². The molecule has 62 heavy (non-hydrogen) atoms. The molecule has 0 aliphatic rings. The average Bonchev–Trinajstić information content (AvgIpc) is 3.88. The van der Waals surface area contributed by atoms with Crippen LogP contribution in [0.2, 0.25) is 0 Å². The van der Waals surface area contributed by atoms with Crippen LogP contribution < -0.4 is 0 Å². The molecule has 290 valence electrons. The molecule has 0 atom stereocenters. The van der Waals surface area contributed by atoms with Gasteiger partial charge in [0.25, 0.3) is 0 Å². The Bertz CT molecular complexity index is 3540. The van der Waals surface area contributed by atoms with E-state index in [0.29, 0.717) is 17.6 Å². The van der Waals surface area contributed by atoms with Crippen LogP contribution in [-0.2, 0) is 0 Å². The summed E-state index contributed by atoms with van der Waals surface area (Å²) in [7, 11) is 0. The Balaban J connectivity index is 1.04. The van der Waals surface area contributed by atoms with Gasteiger partial charge in [-0.1, -0.05) is 182 Å². The summed E-state index contributed by atoms with van der Waals surface area (Å²) in [6.45, 7) is 0. The second-order valence-electron chi connectivity index (χ2n) is 15.5. The van der Waals surface area contributed by atoms with Crippen molar-refractivity contribution in [2.75, 3.05) is 0 Å². The third-order valence-corrected chi connectivity index (χ3v) is 11.8. The lowest BCUT2D eigenvalue weighted by Crippen LogP contribution is -2.07. The summed E-state index contributed by atoms with van der Waals surface area (Å²) in [5.74, 6) is 1.79. The number of fused-ring (bicyclic) bond motifs is 7. The first-order valence-electron chi connectivity index (χ1n) is 20.8. The van der Waals surface area contributed by atoms with E-state index in [9.17, 15) is 0 Å². The van der Waals surface area contributed by atoms with Gasteiger partial charge in [0.05, 0.1) is 33.5 Å². The van der Waals surface area contributed by atoms with Crippen molar-refractivity contribution in [3.8, 4) is 68.1 Å². The van der Waals surface area contributed by atoms with E-state index in [1.807, 2.05) is 42.5 Å². The Kier molecular flexibility index (Phi) is 8.38. The molecule has 0 radical (unpaired) electrons. The number of hydrogen-bond donors (Lipinski definition) is 0. The van der Waals surface area contributed by atoms with Crippen LogP contribution in [0.1, 0.15) is 0 Å². The standard InChI is InChI=1S/C56H36N6/c1-4-15-37(16-5-1)38-27-29-39(30-28-38)48-23-14-24-49(57-48)40-31-33-43(34-32-40)61-50-25-12-10-21-44(50)46-35-36-47-45-22-11-13-26-51(45)62(53(47)52(46)61)56-59-54(41-17-6-2-7-18-41)58-55(60-56)42-19-8-3-9-20-42/h1-36H. The highest BCUT2D eigenvalue weighted by Gasteiger charge is 2.23. The van der Waals surface area contributed by atoms with E-state index < -0.39 is 0 Å². The van der Waals surface area contributed by atoms with Gasteiger partial charge in [-0.05, 0) is 47.5 Å². The highest BCUT2D eigenvalue weighted by Crippen LogP contribution is 2.42. The topological polar surface area (TPSA) is 61.4 Å². The summed E-state index contributed by atoms with van der Waals surface area (Å²) in [5, 5.41) is 4.56. The number of benzene rings is 8. The molecule has 0 fully saturated rings. The van der Waals surface area contributed by atoms with Gasteiger partial charge in [0.1, 0.15) is 0 Å². The zero-order valence-corrected chi connectivity index (χ0v) is 33.5. The average molecular weight is 793 g/mol. The number of aromatic nitrogens is 6. The largest absolute Gasteiger partial charge is 0.307 e. The van der Waals surface area contributed by atoms with Crippen molar-refractivity contribution in [3.63, 3.8) is 0 Å². The second-order valence-corrected chi connectivity index (χ2v) is 15.5. The number of hydrogen-bond acceptors (Lipinski definition) is 4. The van der Waals surface area contributed by atoms with Gasteiger partial charge in [-0.15, -0.1) is 0 Å². The minimum absolute atomic E-state index is 0.559. The van der Waals surface area contributed by atoms with E-state index in [-0.39, 0.29) is 0 Å². The predicted molar refractivity (Wildman–Crippen MR) is 253 cm³/mol. The van der Waals surface area contributed by atoms with E-state index in [1.54, 1.807) is 0 Å². The maximum Gasteiger partial charge on any atom is 0.238 e. The van der Waals surface area contributed by atoms with Crippen LogP contribution in [0, 0.1) is 0 Å². The lowest BCUT2D eigenvalue weighted by molar-refractivity contribution is 0.953. The van der Waals surface area contributed by atoms with Crippen LogP contribution in [0.15, 0.2) is 218 Å². The van der Waals surface area contributed by atoms with Gasteiger partial charge in [-0.25, -0.2) is 9.97 Å². The highest BCUT2D eigenvalue weighted by molar-refractivity contribution is 6.23. The first kappa shape index (κ1) is 35.5. The van der Waals surface area contributed by atoms with Crippen molar-refractivity contribution in [3.05, 3.63) is 218 Å². The molecule has 0 spiro atoms. The first-order valence-corrected chi connectivity index (χ1v) is 20.8. The molecule has 6 nitrogen and oxygen atoms in total. The third-order valence-electron chi connectivity index (χ3n) is 11.8. The van der Waals surface area contributed by atoms with Crippen molar-refractivity contribution in [2.24, 2.45) is 0 Å². The van der Waals surface area contributed by atoms with E-state index in [4.69, 9.17) is 19.9 Å². The maximum atomic E-state index is 5.25. The number of nitrogens with zero attached hydrogens (tertiary/aromatic N) is 6. The molecule has 0 N–H and O–H groups in total. The van der Waals surface area contributed by atoms with Gasteiger partial charge >= 0.3 is 0 Å². The van der Waals surface area contributed by atoms with Gasteiger partial charge in [0.15, 0.2) is 11.6 Å². The summed E-state index contributed by atoms with van der Waals surface area (Å²) >= 11 is 0. The monoisotopic (exact) mass is 792 g/mol. The predicted octanol–water partition coefficient (Wildman–Crippen LogP) is 13.8. The maximum absolute atomic E-state index is 5.25. The normalized spacial score (nSPS) is 11.5. The van der Waals surface area contributed by atoms with Gasteiger partial charge < -0.3 is 4.57 Å². The molecule has 0 aliphatic carbocycles. The van der Waals surface area contributed by atoms with Crippen LogP contribution >= 0.6 is 0 Å². The number of para-hydroxylation sites is 2. The van der Waals surface area contributed by atoms with Crippen molar-refractivity contribution >= 4 is 43.6 Å². The molecule has 8 aromatic carbocycles. The fourth-order valence-electron chi connectivity index (χ4n) is 8.88. The quantitative estimate of drug-likeness (QED) is 0.161. The summed E-state index contributed by atoms with van der Waals surface area (Å²) < 4.78 is 4.63.